The van der Waals surface area contributed by atoms with Crippen LogP contribution in [0, 0.1) is 11.6 Å². The average Bonchev–Trinajstić information content (AvgIpc) is 2.28. The second-order valence-electron chi connectivity index (χ2n) is 4.13. The van der Waals surface area contributed by atoms with Gasteiger partial charge in [-0.25, -0.2) is 8.78 Å². The number of benzene rings is 1. The van der Waals surface area contributed by atoms with Gasteiger partial charge in [-0.15, -0.1) is 0 Å². The number of rotatable bonds is 3. The summed E-state index contributed by atoms with van der Waals surface area (Å²) in [6.07, 6.45) is 0. The SMILES string of the molecule is Fc1cc(F)cc(CN2CCOCC2CBr)c1. The number of ether oxygens (including phenoxy) is 1. The lowest BCUT2D eigenvalue weighted by molar-refractivity contribution is -0.00218. The van der Waals surface area contributed by atoms with Crippen LogP contribution in [-0.4, -0.2) is 36.0 Å². The molecule has 2 rings (SSSR count). The molecule has 1 atom stereocenters. The van der Waals surface area contributed by atoms with Gasteiger partial charge < -0.3 is 4.74 Å². The quantitative estimate of drug-likeness (QED) is 0.796. The minimum absolute atomic E-state index is 0.259. The zero-order valence-electron chi connectivity index (χ0n) is 9.33. The van der Waals surface area contributed by atoms with E-state index in [-0.39, 0.29) is 6.04 Å². The Hall–Kier alpha value is -0.520. The van der Waals surface area contributed by atoms with Crippen LogP contribution < -0.4 is 0 Å². The molecule has 1 aliphatic rings. The molecule has 0 bridgehead atoms. The Bertz CT molecular complexity index is 369. The van der Waals surface area contributed by atoms with E-state index in [1.165, 1.54) is 12.1 Å². The fourth-order valence-corrected chi connectivity index (χ4v) is 2.57. The summed E-state index contributed by atoms with van der Waals surface area (Å²) >= 11 is 3.42. The summed E-state index contributed by atoms with van der Waals surface area (Å²) < 4.78 is 31.5. The van der Waals surface area contributed by atoms with Crippen molar-refractivity contribution in [2.45, 2.75) is 12.6 Å². The zero-order chi connectivity index (χ0) is 12.3. The molecule has 1 heterocycles. The van der Waals surface area contributed by atoms with Crippen molar-refractivity contribution in [2.24, 2.45) is 0 Å². The van der Waals surface area contributed by atoms with Crippen molar-refractivity contribution >= 4 is 15.9 Å². The smallest absolute Gasteiger partial charge is 0.126 e. The predicted octanol–water partition coefficient (Wildman–Crippen LogP) is 2.56. The van der Waals surface area contributed by atoms with E-state index in [0.29, 0.717) is 25.3 Å². The molecule has 0 spiro atoms. The molecule has 1 saturated heterocycles. The molecule has 17 heavy (non-hydrogen) atoms. The molecule has 2 nitrogen and oxygen atoms in total. The molecule has 0 saturated carbocycles. The van der Waals surface area contributed by atoms with Crippen LogP contribution in [0.2, 0.25) is 0 Å². The first-order chi connectivity index (χ1) is 8.19. The maximum Gasteiger partial charge on any atom is 0.126 e. The monoisotopic (exact) mass is 305 g/mol. The van der Waals surface area contributed by atoms with E-state index in [9.17, 15) is 8.78 Å². The van der Waals surface area contributed by atoms with Gasteiger partial charge in [-0.3, -0.25) is 4.90 Å². The Morgan fingerprint density at radius 2 is 2.00 bits per heavy atom. The standard InChI is InChI=1S/C12H14BrF2NO/c13-6-12-8-17-2-1-16(12)7-9-3-10(14)5-11(15)4-9/h3-5,12H,1-2,6-8H2. The van der Waals surface area contributed by atoms with Gasteiger partial charge in [0.15, 0.2) is 0 Å². The summed E-state index contributed by atoms with van der Waals surface area (Å²) in [5.41, 5.74) is 0.662. The predicted molar refractivity (Wildman–Crippen MR) is 65.2 cm³/mol. The van der Waals surface area contributed by atoms with Gasteiger partial charge in [0.2, 0.25) is 0 Å². The maximum atomic E-state index is 13.1. The number of nitrogens with zero attached hydrogens (tertiary/aromatic N) is 1. The molecule has 0 aliphatic carbocycles. The summed E-state index contributed by atoms with van der Waals surface area (Å²) in [6, 6.07) is 3.91. The molecule has 0 radical (unpaired) electrons. The Morgan fingerprint density at radius 3 is 2.65 bits per heavy atom. The van der Waals surface area contributed by atoms with Crippen LogP contribution in [0.5, 0.6) is 0 Å². The Labute approximate surface area is 108 Å². The van der Waals surface area contributed by atoms with Crippen LogP contribution in [-0.2, 0) is 11.3 Å². The number of hydrogen-bond acceptors (Lipinski definition) is 2. The van der Waals surface area contributed by atoms with E-state index in [1.807, 2.05) is 0 Å². The summed E-state index contributed by atoms with van der Waals surface area (Å²) in [6.45, 7) is 2.66. The molecule has 1 unspecified atom stereocenters. The van der Waals surface area contributed by atoms with Crippen molar-refractivity contribution in [3.63, 3.8) is 0 Å². The third-order valence-electron chi connectivity index (χ3n) is 2.84. The van der Waals surface area contributed by atoms with E-state index in [0.717, 1.165) is 17.9 Å². The molecule has 0 N–H and O–H groups in total. The van der Waals surface area contributed by atoms with E-state index in [4.69, 9.17) is 4.74 Å². The highest BCUT2D eigenvalue weighted by Gasteiger charge is 2.22. The first-order valence-corrected chi connectivity index (χ1v) is 6.64. The first-order valence-electron chi connectivity index (χ1n) is 5.52. The highest BCUT2D eigenvalue weighted by Crippen LogP contribution is 2.16. The van der Waals surface area contributed by atoms with E-state index in [1.54, 1.807) is 0 Å². The lowest BCUT2D eigenvalue weighted by Gasteiger charge is -2.34. The van der Waals surface area contributed by atoms with Gasteiger partial charge in [0.1, 0.15) is 11.6 Å². The molecular formula is C12H14BrF2NO. The van der Waals surface area contributed by atoms with Gasteiger partial charge in [0.25, 0.3) is 0 Å². The summed E-state index contributed by atoms with van der Waals surface area (Å²) in [4.78, 5) is 2.17. The van der Waals surface area contributed by atoms with Gasteiger partial charge in [0.05, 0.1) is 13.2 Å². The molecule has 0 amide bonds. The van der Waals surface area contributed by atoms with Crippen molar-refractivity contribution in [1.29, 1.82) is 0 Å². The van der Waals surface area contributed by atoms with Crippen LogP contribution in [0.3, 0.4) is 0 Å². The first kappa shape index (κ1) is 12.9. The highest BCUT2D eigenvalue weighted by molar-refractivity contribution is 9.09. The Balaban J connectivity index is 2.08. The fraction of sp³-hybridized carbons (Fsp3) is 0.500. The molecule has 1 aromatic carbocycles. The molecule has 0 aromatic heterocycles. The molecule has 94 valence electrons. The lowest BCUT2D eigenvalue weighted by atomic mass is 10.1. The second kappa shape index (κ2) is 5.89. The summed E-state index contributed by atoms with van der Waals surface area (Å²) in [5.74, 6) is -1.05. The molecule has 1 fully saturated rings. The molecule has 1 aliphatic heterocycles. The minimum Gasteiger partial charge on any atom is -0.378 e. The number of hydrogen-bond donors (Lipinski definition) is 0. The summed E-state index contributed by atoms with van der Waals surface area (Å²) in [7, 11) is 0. The highest BCUT2D eigenvalue weighted by atomic mass is 79.9. The zero-order valence-corrected chi connectivity index (χ0v) is 10.9. The van der Waals surface area contributed by atoms with Crippen molar-refractivity contribution in [3.05, 3.63) is 35.4 Å². The molecular weight excluding hydrogens is 292 g/mol. The van der Waals surface area contributed by atoms with Gasteiger partial charge in [0, 0.05) is 30.5 Å². The van der Waals surface area contributed by atoms with E-state index in [2.05, 4.69) is 20.8 Å². The maximum absolute atomic E-state index is 13.1. The van der Waals surface area contributed by atoms with Crippen LogP contribution in [0.15, 0.2) is 18.2 Å². The van der Waals surface area contributed by atoms with Crippen molar-refractivity contribution < 1.29 is 13.5 Å². The normalized spacial score (nSPS) is 21.7. The van der Waals surface area contributed by atoms with Crippen molar-refractivity contribution in [1.82, 2.24) is 4.90 Å². The lowest BCUT2D eigenvalue weighted by Crippen LogP contribution is -2.45. The topological polar surface area (TPSA) is 12.5 Å². The summed E-state index contributed by atoms with van der Waals surface area (Å²) in [5, 5.41) is 0.796. The number of alkyl halides is 1. The molecule has 1 aromatic rings. The van der Waals surface area contributed by atoms with Gasteiger partial charge >= 0.3 is 0 Å². The van der Waals surface area contributed by atoms with Gasteiger partial charge in [-0.2, -0.15) is 0 Å². The Kier molecular flexibility index (Phi) is 4.48. The largest absolute Gasteiger partial charge is 0.378 e. The van der Waals surface area contributed by atoms with Crippen LogP contribution >= 0.6 is 15.9 Å². The third-order valence-corrected chi connectivity index (χ3v) is 3.58. The van der Waals surface area contributed by atoms with Gasteiger partial charge in [-0.05, 0) is 17.7 Å². The fourth-order valence-electron chi connectivity index (χ4n) is 1.98. The Morgan fingerprint density at radius 1 is 1.29 bits per heavy atom. The van der Waals surface area contributed by atoms with Crippen LogP contribution in [0.1, 0.15) is 5.56 Å². The van der Waals surface area contributed by atoms with Crippen LogP contribution in [0.25, 0.3) is 0 Å². The average molecular weight is 306 g/mol. The second-order valence-corrected chi connectivity index (χ2v) is 4.78. The van der Waals surface area contributed by atoms with Crippen molar-refractivity contribution in [2.75, 3.05) is 25.1 Å². The number of morpholine rings is 1. The third kappa shape index (κ3) is 3.47. The van der Waals surface area contributed by atoms with E-state index < -0.39 is 11.6 Å². The van der Waals surface area contributed by atoms with E-state index >= 15 is 0 Å². The minimum atomic E-state index is -0.524. The van der Waals surface area contributed by atoms with Gasteiger partial charge in [-0.1, -0.05) is 15.9 Å². The number of halogens is 3. The van der Waals surface area contributed by atoms with Crippen LogP contribution in [0.4, 0.5) is 8.78 Å². The van der Waals surface area contributed by atoms with Crippen molar-refractivity contribution in [3.8, 4) is 0 Å². The molecule has 5 heteroatoms.